The van der Waals surface area contributed by atoms with Crippen LogP contribution in [0, 0.1) is 0 Å². The molecule has 0 unspecified atom stereocenters. The van der Waals surface area contributed by atoms with Crippen LogP contribution in [-0.2, 0) is 4.79 Å². The molecular formula is C22H12BrClN2O2S. The van der Waals surface area contributed by atoms with Gasteiger partial charge in [-0.2, -0.15) is 0 Å². The lowest BCUT2D eigenvalue weighted by molar-refractivity contribution is -0.113. The average Bonchev–Trinajstić information content (AvgIpc) is 3.43. The first kappa shape index (κ1) is 18.4. The molecule has 5 rings (SSSR count). The molecule has 0 fully saturated rings. The Morgan fingerprint density at radius 3 is 2.59 bits per heavy atom. The van der Waals surface area contributed by atoms with E-state index >= 15 is 0 Å². The highest BCUT2D eigenvalue weighted by Gasteiger charge is 2.35. The highest BCUT2D eigenvalue weighted by molar-refractivity contribution is 9.10. The Morgan fingerprint density at radius 2 is 1.86 bits per heavy atom. The highest BCUT2D eigenvalue weighted by Crippen LogP contribution is 2.39. The fraction of sp³-hybridized carbons (Fsp3) is 0. The van der Waals surface area contributed by atoms with Crippen molar-refractivity contribution in [1.82, 2.24) is 0 Å². The summed E-state index contributed by atoms with van der Waals surface area (Å²) in [6.45, 7) is 0. The molecule has 0 saturated heterocycles. The van der Waals surface area contributed by atoms with Crippen LogP contribution >= 0.6 is 38.9 Å². The van der Waals surface area contributed by atoms with Crippen molar-refractivity contribution in [2.45, 2.75) is 0 Å². The van der Waals surface area contributed by atoms with E-state index in [1.54, 1.807) is 29.4 Å². The van der Waals surface area contributed by atoms with Gasteiger partial charge in [-0.05, 0) is 42.5 Å². The highest BCUT2D eigenvalue weighted by atomic mass is 79.9. The number of carbonyl (C=O) groups is 1. The molecule has 0 aliphatic carbocycles. The quantitative estimate of drug-likeness (QED) is 0.303. The van der Waals surface area contributed by atoms with Crippen LogP contribution in [0.25, 0.3) is 16.2 Å². The third kappa shape index (κ3) is 3.23. The van der Waals surface area contributed by atoms with Crippen molar-refractivity contribution >= 4 is 72.5 Å². The number of fused-ring (bicyclic) bond motifs is 1. The molecule has 2 aromatic heterocycles. The lowest BCUT2D eigenvalue weighted by Crippen LogP contribution is -2.32. The summed E-state index contributed by atoms with van der Waals surface area (Å²) in [4.78, 5) is 20.3. The molecule has 3 heterocycles. The van der Waals surface area contributed by atoms with E-state index in [0.717, 1.165) is 19.4 Å². The molecule has 0 radical (unpaired) electrons. The summed E-state index contributed by atoms with van der Waals surface area (Å²) in [6.07, 6.45) is 3.20. The van der Waals surface area contributed by atoms with Gasteiger partial charge in [-0.1, -0.05) is 45.7 Å². The smallest absolute Gasteiger partial charge is 0.282 e. The summed E-state index contributed by atoms with van der Waals surface area (Å²) in [6, 6.07) is 19.0. The molecule has 29 heavy (non-hydrogen) atoms. The van der Waals surface area contributed by atoms with E-state index in [1.807, 2.05) is 48.5 Å². The molecular weight excluding hydrogens is 472 g/mol. The minimum absolute atomic E-state index is 0.229. The van der Waals surface area contributed by atoms with Crippen LogP contribution in [0.1, 0.15) is 10.6 Å². The maximum absolute atomic E-state index is 13.3. The normalized spacial score (nSPS) is 15.5. The van der Waals surface area contributed by atoms with Crippen molar-refractivity contribution in [3.63, 3.8) is 0 Å². The predicted molar refractivity (Wildman–Crippen MR) is 122 cm³/mol. The number of hydrogen-bond donors (Lipinski definition) is 0. The SMILES string of the molecule is O=C1/C(=C\c2ccco2)N=C(c2sc3ccccc3c2Cl)N1c1ccc(Br)cc1. The molecule has 4 aromatic rings. The Labute approximate surface area is 183 Å². The Morgan fingerprint density at radius 1 is 1.07 bits per heavy atom. The number of nitrogens with zero attached hydrogens (tertiary/aromatic N) is 2. The van der Waals surface area contributed by atoms with Crippen LogP contribution in [0.3, 0.4) is 0 Å². The Bertz CT molecular complexity index is 1290. The van der Waals surface area contributed by atoms with Gasteiger partial charge in [0.2, 0.25) is 0 Å². The molecule has 1 amide bonds. The van der Waals surface area contributed by atoms with Crippen molar-refractivity contribution < 1.29 is 9.21 Å². The largest absolute Gasteiger partial charge is 0.465 e. The predicted octanol–water partition coefficient (Wildman–Crippen LogP) is 6.74. The fourth-order valence-corrected chi connectivity index (χ4v) is 4.92. The first-order chi connectivity index (χ1) is 14.1. The van der Waals surface area contributed by atoms with E-state index in [0.29, 0.717) is 28.0 Å². The van der Waals surface area contributed by atoms with Gasteiger partial charge in [-0.3, -0.25) is 9.69 Å². The molecule has 0 atom stereocenters. The van der Waals surface area contributed by atoms with Crippen LogP contribution in [0.5, 0.6) is 0 Å². The Kier molecular flexibility index (Phi) is 4.62. The first-order valence-corrected chi connectivity index (χ1v) is 10.7. The van der Waals surface area contributed by atoms with Crippen LogP contribution in [0.15, 0.2) is 86.5 Å². The second kappa shape index (κ2) is 7.30. The number of aliphatic imine (C=N–C) groups is 1. The molecule has 0 N–H and O–H groups in total. The number of halogens is 2. The van der Waals surface area contributed by atoms with E-state index in [2.05, 4.69) is 20.9 Å². The van der Waals surface area contributed by atoms with Gasteiger partial charge in [0.15, 0.2) is 5.84 Å². The standard InChI is InChI=1S/C22H12BrClN2O2S/c23-13-7-9-14(10-8-13)26-21(20-19(24)16-5-1-2-6-18(16)29-20)25-17(22(26)27)12-15-4-3-11-28-15/h1-12H/b17-12+. The van der Waals surface area contributed by atoms with Gasteiger partial charge < -0.3 is 4.42 Å². The molecule has 0 spiro atoms. The summed E-state index contributed by atoms with van der Waals surface area (Å²) in [5, 5.41) is 1.54. The minimum Gasteiger partial charge on any atom is -0.465 e. The van der Waals surface area contributed by atoms with E-state index < -0.39 is 0 Å². The summed E-state index contributed by atoms with van der Waals surface area (Å²) in [7, 11) is 0. The number of anilines is 1. The van der Waals surface area contributed by atoms with Gasteiger partial charge >= 0.3 is 0 Å². The molecule has 1 aliphatic heterocycles. The maximum Gasteiger partial charge on any atom is 0.282 e. The van der Waals surface area contributed by atoms with Crippen molar-refractivity contribution in [3.8, 4) is 0 Å². The fourth-order valence-electron chi connectivity index (χ4n) is 3.16. The van der Waals surface area contributed by atoms with E-state index in [9.17, 15) is 4.79 Å². The molecule has 2 aromatic carbocycles. The first-order valence-electron chi connectivity index (χ1n) is 8.73. The summed E-state index contributed by atoms with van der Waals surface area (Å²) >= 11 is 11.7. The molecule has 7 heteroatoms. The van der Waals surface area contributed by atoms with Gasteiger partial charge in [-0.15, -0.1) is 11.3 Å². The number of amides is 1. The van der Waals surface area contributed by atoms with E-state index in [1.165, 1.54) is 11.3 Å². The van der Waals surface area contributed by atoms with Crippen LogP contribution in [0.2, 0.25) is 5.02 Å². The van der Waals surface area contributed by atoms with Crippen molar-refractivity contribution in [1.29, 1.82) is 0 Å². The number of hydrogen-bond acceptors (Lipinski definition) is 4. The number of furan rings is 1. The summed E-state index contributed by atoms with van der Waals surface area (Å²) < 4.78 is 7.34. The summed E-state index contributed by atoms with van der Waals surface area (Å²) in [5.74, 6) is 0.852. The molecule has 0 bridgehead atoms. The molecule has 0 saturated carbocycles. The van der Waals surface area contributed by atoms with Crippen molar-refractivity contribution in [2.75, 3.05) is 4.90 Å². The second-order valence-electron chi connectivity index (χ2n) is 6.34. The maximum atomic E-state index is 13.3. The number of thiophene rings is 1. The second-order valence-corrected chi connectivity index (χ2v) is 8.68. The number of amidine groups is 1. The Balaban J connectivity index is 1.70. The van der Waals surface area contributed by atoms with Crippen LogP contribution in [0.4, 0.5) is 5.69 Å². The third-order valence-corrected chi connectivity index (χ3v) is 6.71. The van der Waals surface area contributed by atoms with E-state index in [4.69, 9.17) is 16.0 Å². The third-order valence-electron chi connectivity index (χ3n) is 4.51. The van der Waals surface area contributed by atoms with Gasteiger partial charge in [-0.25, -0.2) is 4.99 Å². The van der Waals surface area contributed by atoms with Gasteiger partial charge in [0.05, 0.1) is 21.9 Å². The molecule has 4 nitrogen and oxygen atoms in total. The van der Waals surface area contributed by atoms with E-state index in [-0.39, 0.29) is 5.91 Å². The summed E-state index contributed by atoms with van der Waals surface area (Å²) in [5.41, 5.74) is 1.01. The minimum atomic E-state index is -0.229. The number of rotatable bonds is 3. The van der Waals surface area contributed by atoms with Gasteiger partial charge in [0.1, 0.15) is 11.5 Å². The average molecular weight is 484 g/mol. The molecule has 142 valence electrons. The zero-order chi connectivity index (χ0) is 20.0. The Hall–Kier alpha value is -2.67. The monoisotopic (exact) mass is 482 g/mol. The van der Waals surface area contributed by atoms with Gasteiger partial charge in [0.25, 0.3) is 5.91 Å². The molecule has 1 aliphatic rings. The zero-order valence-corrected chi connectivity index (χ0v) is 18.0. The zero-order valence-electron chi connectivity index (χ0n) is 14.8. The van der Waals surface area contributed by atoms with Gasteiger partial charge in [0, 0.05) is 20.6 Å². The van der Waals surface area contributed by atoms with Crippen molar-refractivity contribution in [2.24, 2.45) is 4.99 Å². The lowest BCUT2D eigenvalue weighted by Gasteiger charge is -2.18. The van der Waals surface area contributed by atoms with Crippen LogP contribution < -0.4 is 4.90 Å². The topological polar surface area (TPSA) is 45.8 Å². The lowest BCUT2D eigenvalue weighted by atomic mass is 10.2. The van der Waals surface area contributed by atoms with Crippen LogP contribution in [-0.4, -0.2) is 11.7 Å². The number of carbonyl (C=O) groups excluding carboxylic acids is 1. The van der Waals surface area contributed by atoms with Crippen molar-refractivity contribution in [3.05, 3.63) is 92.8 Å². The number of benzene rings is 2.